The third-order valence-electron chi connectivity index (χ3n) is 5.97. The third kappa shape index (κ3) is 23.3. The molecule has 32 heavy (non-hydrogen) atoms. The van der Waals surface area contributed by atoms with Gasteiger partial charge < -0.3 is 9.84 Å². The Balaban J connectivity index is 4.01. The summed E-state index contributed by atoms with van der Waals surface area (Å²) in [6.45, 7) is 4.45. The number of allylic oxidation sites excluding steroid dienone is 1. The minimum absolute atomic E-state index is 0.0707. The van der Waals surface area contributed by atoms with Crippen LogP contribution in [0.3, 0.4) is 0 Å². The summed E-state index contributed by atoms with van der Waals surface area (Å²) < 4.78 is 5.76. The second-order valence-corrected chi connectivity index (χ2v) is 9.23. The zero-order valence-corrected chi connectivity index (χ0v) is 21.3. The van der Waals surface area contributed by atoms with Gasteiger partial charge in [0.25, 0.3) is 0 Å². The molecule has 0 amide bonds. The van der Waals surface area contributed by atoms with Gasteiger partial charge in [0, 0.05) is 12.8 Å². The average molecular weight is 453 g/mol. The highest BCUT2D eigenvalue weighted by Gasteiger charge is 2.11. The van der Waals surface area contributed by atoms with Gasteiger partial charge in [-0.25, -0.2) is 0 Å². The maximum Gasteiger partial charge on any atom is 0.306 e. The number of carboxylic acids is 1. The van der Waals surface area contributed by atoms with Crippen LogP contribution < -0.4 is 0 Å². The number of rotatable bonds is 24. The Bertz CT molecular complexity index is 458. The van der Waals surface area contributed by atoms with Crippen molar-refractivity contribution in [2.75, 3.05) is 0 Å². The minimum atomic E-state index is -0.723. The summed E-state index contributed by atoms with van der Waals surface area (Å²) in [4.78, 5) is 22.9. The minimum Gasteiger partial charge on any atom is -0.481 e. The molecule has 0 fully saturated rings. The smallest absolute Gasteiger partial charge is 0.306 e. The first kappa shape index (κ1) is 30.7. The van der Waals surface area contributed by atoms with Crippen LogP contribution in [0.2, 0.25) is 0 Å². The monoisotopic (exact) mass is 452 g/mol. The molecule has 0 bridgehead atoms. The number of aliphatic carboxylic acids is 1. The van der Waals surface area contributed by atoms with Crippen LogP contribution in [0, 0.1) is 0 Å². The van der Waals surface area contributed by atoms with Gasteiger partial charge in [-0.1, -0.05) is 103 Å². The van der Waals surface area contributed by atoms with Gasteiger partial charge in [-0.2, -0.15) is 0 Å². The van der Waals surface area contributed by atoms with Crippen LogP contribution >= 0.6 is 0 Å². The third-order valence-corrected chi connectivity index (χ3v) is 5.97. The van der Waals surface area contributed by atoms with E-state index < -0.39 is 5.97 Å². The molecule has 0 saturated heterocycles. The lowest BCUT2D eigenvalue weighted by atomic mass is 10.1. The van der Waals surface area contributed by atoms with E-state index in [9.17, 15) is 9.59 Å². The first-order valence-electron chi connectivity index (χ1n) is 13.7. The fraction of sp³-hybridized carbons (Fsp3) is 0.857. The lowest BCUT2D eigenvalue weighted by Crippen LogP contribution is -2.16. The second kappa shape index (κ2) is 24.3. The molecule has 1 atom stereocenters. The molecule has 0 aliphatic carbocycles. The largest absolute Gasteiger partial charge is 0.481 e. The number of hydrogen-bond acceptors (Lipinski definition) is 3. The number of hydrogen-bond donors (Lipinski definition) is 1. The number of esters is 1. The summed E-state index contributed by atoms with van der Waals surface area (Å²) in [7, 11) is 0. The predicted octanol–water partition coefficient (Wildman–Crippen LogP) is 8.77. The molecule has 0 radical (unpaired) electrons. The number of ether oxygens (including phenoxy) is 1. The summed E-state index contributed by atoms with van der Waals surface area (Å²) in [6, 6.07) is 0. The molecular formula is C28H52O4. The molecular weight excluding hydrogens is 400 g/mol. The first-order chi connectivity index (χ1) is 15.6. The van der Waals surface area contributed by atoms with E-state index in [-0.39, 0.29) is 18.5 Å². The van der Waals surface area contributed by atoms with Crippen molar-refractivity contribution in [3.63, 3.8) is 0 Å². The fourth-order valence-electron chi connectivity index (χ4n) is 3.91. The van der Waals surface area contributed by atoms with E-state index in [1.165, 1.54) is 70.6 Å². The van der Waals surface area contributed by atoms with Crippen molar-refractivity contribution >= 4 is 11.9 Å². The van der Waals surface area contributed by atoms with Gasteiger partial charge in [-0.05, 0) is 44.6 Å². The molecule has 0 spiro atoms. The van der Waals surface area contributed by atoms with Gasteiger partial charge in [0.15, 0.2) is 0 Å². The number of carboxylic acid groups (broad SMARTS) is 1. The van der Waals surface area contributed by atoms with Crippen LogP contribution in [0.15, 0.2) is 12.2 Å². The zero-order chi connectivity index (χ0) is 23.7. The Kier molecular flexibility index (Phi) is 23.3. The van der Waals surface area contributed by atoms with Crippen molar-refractivity contribution in [1.29, 1.82) is 0 Å². The number of carbonyl (C=O) groups excluding carboxylic acids is 1. The fourth-order valence-corrected chi connectivity index (χ4v) is 3.91. The van der Waals surface area contributed by atoms with E-state index in [4.69, 9.17) is 9.84 Å². The van der Waals surface area contributed by atoms with Crippen LogP contribution in [-0.2, 0) is 14.3 Å². The van der Waals surface area contributed by atoms with Crippen molar-refractivity contribution in [1.82, 2.24) is 0 Å². The van der Waals surface area contributed by atoms with Gasteiger partial charge in [0.1, 0.15) is 6.10 Å². The standard InChI is InChI=1S/C28H52O4/c1-3-5-7-9-10-11-12-13-15-21-25-28(31)32-26(22-18-14-8-6-4-2)23-19-16-17-20-24-27(29)30/h18,22,26H,3-17,19-21,23-25H2,1-2H3,(H,29,30)/b22-18-. The molecule has 0 aromatic carbocycles. The molecule has 4 heteroatoms. The number of carbonyl (C=O) groups is 2. The van der Waals surface area contributed by atoms with Gasteiger partial charge in [0.05, 0.1) is 0 Å². The summed E-state index contributed by atoms with van der Waals surface area (Å²) in [5, 5.41) is 8.72. The van der Waals surface area contributed by atoms with Crippen molar-refractivity contribution in [2.45, 2.75) is 155 Å². The van der Waals surface area contributed by atoms with E-state index in [0.717, 1.165) is 51.4 Å². The molecule has 0 rings (SSSR count). The molecule has 0 aromatic heterocycles. The van der Waals surface area contributed by atoms with Crippen molar-refractivity contribution in [3.05, 3.63) is 12.2 Å². The Labute approximate surface area is 198 Å². The quantitative estimate of drug-likeness (QED) is 0.0902. The highest BCUT2D eigenvalue weighted by Crippen LogP contribution is 2.15. The zero-order valence-electron chi connectivity index (χ0n) is 21.3. The summed E-state index contributed by atoms with van der Waals surface area (Å²) in [5.41, 5.74) is 0. The van der Waals surface area contributed by atoms with Gasteiger partial charge in [-0.3, -0.25) is 9.59 Å². The average Bonchev–Trinajstić information content (AvgIpc) is 2.76. The molecule has 0 aliphatic heterocycles. The van der Waals surface area contributed by atoms with Crippen molar-refractivity contribution in [3.8, 4) is 0 Å². The first-order valence-corrected chi connectivity index (χ1v) is 13.7. The van der Waals surface area contributed by atoms with Gasteiger partial charge in [-0.15, -0.1) is 0 Å². The summed E-state index contributed by atoms with van der Waals surface area (Å²) in [5.74, 6) is -0.794. The SMILES string of the molecule is CCCCC/C=C\C(CCCCCCC(=O)O)OC(=O)CCCCCCCCCCCC. The van der Waals surface area contributed by atoms with E-state index in [0.29, 0.717) is 6.42 Å². The Morgan fingerprint density at radius 1 is 0.688 bits per heavy atom. The number of unbranched alkanes of at least 4 members (excludes halogenated alkanes) is 15. The van der Waals surface area contributed by atoms with E-state index in [2.05, 4.69) is 26.0 Å². The van der Waals surface area contributed by atoms with Gasteiger partial charge >= 0.3 is 11.9 Å². The molecule has 0 saturated carbocycles. The molecule has 188 valence electrons. The predicted molar refractivity (Wildman–Crippen MR) is 135 cm³/mol. The van der Waals surface area contributed by atoms with Crippen molar-refractivity contribution < 1.29 is 19.4 Å². The van der Waals surface area contributed by atoms with Crippen LogP contribution in [-0.4, -0.2) is 23.1 Å². The lowest BCUT2D eigenvalue weighted by molar-refractivity contribution is -0.147. The second-order valence-electron chi connectivity index (χ2n) is 9.23. The Hall–Kier alpha value is -1.32. The molecule has 1 unspecified atom stereocenters. The van der Waals surface area contributed by atoms with E-state index >= 15 is 0 Å². The van der Waals surface area contributed by atoms with E-state index in [1.807, 2.05) is 0 Å². The van der Waals surface area contributed by atoms with Crippen molar-refractivity contribution in [2.24, 2.45) is 0 Å². The van der Waals surface area contributed by atoms with Crippen LogP contribution in [0.1, 0.15) is 149 Å². The maximum absolute atomic E-state index is 12.3. The van der Waals surface area contributed by atoms with Crippen LogP contribution in [0.4, 0.5) is 0 Å². The topological polar surface area (TPSA) is 63.6 Å². The highest BCUT2D eigenvalue weighted by molar-refractivity contribution is 5.69. The summed E-state index contributed by atoms with van der Waals surface area (Å²) >= 11 is 0. The normalized spacial score (nSPS) is 12.3. The molecule has 0 aliphatic rings. The molecule has 1 N–H and O–H groups in total. The molecule has 0 heterocycles. The highest BCUT2D eigenvalue weighted by atomic mass is 16.5. The maximum atomic E-state index is 12.3. The Morgan fingerprint density at radius 3 is 1.78 bits per heavy atom. The lowest BCUT2D eigenvalue weighted by Gasteiger charge is -2.15. The van der Waals surface area contributed by atoms with Crippen LogP contribution in [0.25, 0.3) is 0 Å². The van der Waals surface area contributed by atoms with Gasteiger partial charge in [0.2, 0.25) is 0 Å². The Morgan fingerprint density at radius 2 is 1.19 bits per heavy atom. The molecule has 4 nitrogen and oxygen atoms in total. The molecule has 0 aromatic rings. The summed E-state index contributed by atoms with van der Waals surface area (Å²) in [6.07, 6.45) is 26.6. The van der Waals surface area contributed by atoms with Crippen LogP contribution in [0.5, 0.6) is 0 Å². The van der Waals surface area contributed by atoms with E-state index in [1.54, 1.807) is 0 Å².